The van der Waals surface area contributed by atoms with Crippen molar-refractivity contribution in [3.8, 4) is 11.5 Å². The lowest BCUT2D eigenvalue weighted by molar-refractivity contribution is -0.274. The standard InChI is InChI=1S/C23H23ClF3N5O4/c1-22-18(19(33)31(11-10-28)21(34)30(22)2)32(13-14-6-8-15(24)9-7-14)20(29-22)35-16-4-3-5-17(12-16)36-23(25,26)27/h3-9,12,18H,10-11,13,28H2,1-2H3. The highest BCUT2D eigenvalue weighted by Gasteiger charge is 2.60. The van der Waals surface area contributed by atoms with Gasteiger partial charge in [0.05, 0.1) is 0 Å². The summed E-state index contributed by atoms with van der Waals surface area (Å²) in [6, 6.07) is 10.2. The van der Waals surface area contributed by atoms with Crippen molar-refractivity contribution in [2.75, 3.05) is 20.1 Å². The van der Waals surface area contributed by atoms with Crippen molar-refractivity contribution < 1.29 is 32.2 Å². The number of imide groups is 1. The van der Waals surface area contributed by atoms with Crippen LogP contribution in [0, 0.1) is 0 Å². The topological polar surface area (TPSA) is 101 Å². The summed E-state index contributed by atoms with van der Waals surface area (Å²) in [7, 11) is 1.51. The number of carbonyl (C=O) groups excluding carboxylic acids is 2. The first-order valence-electron chi connectivity index (χ1n) is 10.9. The molecule has 0 aliphatic carbocycles. The number of benzene rings is 2. The SMILES string of the molecule is CN1C(=O)N(CCN)C(=O)C2N(Cc3ccc(Cl)cc3)C(Oc3cccc(OC(F)(F)F)c3)=NC21C. The Hall–Kier alpha value is -3.51. The maximum absolute atomic E-state index is 13.5. The molecule has 0 bridgehead atoms. The number of amides is 3. The van der Waals surface area contributed by atoms with Crippen LogP contribution in [0.15, 0.2) is 53.5 Å². The van der Waals surface area contributed by atoms with Crippen molar-refractivity contribution in [2.24, 2.45) is 10.7 Å². The zero-order valence-corrected chi connectivity index (χ0v) is 20.1. The van der Waals surface area contributed by atoms with Gasteiger partial charge in [0, 0.05) is 37.8 Å². The van der Waals surface area contributed by atoms with Crippen LogP contribution in [0.4, 0.5) is 18.0 Å². The number of nitrogens with zero attached hydrogens (tertiary/aromatic N) is 4. The molecule has 0 spiro atoms. The number of rotatable bonds is 6. The number of amidine groups is 1. The number of alkyl halides is 3. The minimum absolute atomic E-state index is 0.000837. The normalized spacial score (nSPS) is 22.0. The minimum Gasteiger partial charge on any atom is -0.426 e. The summed E-state index contributed by atoms with van der Waals surface area (Å²) in [5.41, 5.74) is 5.03. The molecule has 2 aliphatic rings. The predicted octanol–water partition coefficient (Wildman–Crippen LogP) is 3.43. The molecule has 1 saturated heterocycles. The average molecular weight is 526 g/mol. The van der Waals surface area contributed by atoms with E-state index in [-0.39, 0.29) is 31.4 Å². The fraction of sp³-hybridized carbons (Fsp3) is 0.348. The maximum Gasteiger partial charge on any atom is 0.573 e. The van der Waals surface area contributed by atoms with Crippen LogP contribution in [-0.4, -0.2) is 70.9 Å². The Morgan fingerprint density at radius 3 is 2.44 bits per heavy atom. The number of nitrogens with two attached hydrogens (primary N) is 1. The van der Waals surface area contributed by atoms with E-state index in [1.54, 1.807) is 36.1 Å². The van der Waals surface area contributed by atoms with Crippen LogP contribution < -0.4 is 15.2 Å². The lowest BCUT2D eigenvalue weighted by atomic mass is 9.96. The van der Waals surface area contributed by atoms with Gasteiger partial charge < -0.3 is 25.0 Å². The van der Waals surface area contributed by atoms with Crippen LogP contribution >= 0.6 is 11.6 Å². The van der Waals surface area contributed by atoms with Crippen molar-refractivity contribution >= 4 is 29.6 Å². The molecule has 2 N–H and O–H groups in total. The average Bonchev–Trinajstić information content (AvgIpc) is 3.08. The van der Waals surface area contributed by atoms with Crippen LogP contribution in [0.2, 0.25) is 5.02 Å². The van der Waals surface area contributed by atoms with Gasteiger partial charge in [0.2, 0.25) is 0 Å². The number of urea groups is 1. The van der Waals surface area contributed by atoms with E-state index in [9.17, 15) is 22.8 Å². The molecule has 9 nitrogen and oxygen atoms in total. The molecule has 2 aliphatic heterocycles. The number of hydrogen-bond acceptors (Lipinski definition) is 7. The van der Waals surface area contributed by atoms with Gasteiger partial charge in [-0.15, -0.1) is 13.2 Å². The van der Waals surface area contributed by atoms with Crippen molar-refractivity contribution in [3.63, 3.8) is 0 Å². The highest BCUT2D eigenvalue weighted by molar-refractivity contribution is 6.30. The largest absolute Gasteiger partial charge is 0.573 e. The number of aliphatic imine (C=N–C) groups is 1. The van der Waals surface area contributed by atoms with Crippen LogP contribution in [0.25, 0.3) is 0 Å². The summed E-state index contributed by atoms with van der Waals surface area (Å²) >= 11 is 6.00. The van der Waals surface area contributed by atoms with Gasteiger partial charge in [0.1, 0.15) is 11.5 Å². The number of carbonyl (C=O) groups is 2. The summed E-state index contributed by atoms with van der Waals surface area (Å²) in [5, 5.41) is 0.518. The molecule has 2 heterocycles. The second-order valence-electron chi connectivity index (χ2n) is 8.39. The maximum atomic E-state index is 13.5. The number of ether oxygens (including phenoxy) is 2. The first-order chi connectivity index (χ1) is 16.9. The van der Waals surface area contributed by atoms with Gasteiger partial charge in [-0.05, 0) is 36.8 Å². The van der Waals surface area contributed by atoms with Crippen molar-refractivity contribution in [3.05, 3.63) is 59.1 Å². The van der Waals surface area contributed by atoms with Crippen LogP contribution in [0.3, 0.4) is 0 Å². The van der Waals surface area contributed by atoms with Crippen molar-refractivity contribution in [1.29, 1.82) is 0 Å². The van der Waals surface area contributed by atoms with E-state index in [0.717, 1.165) is 22.6 Å². The Balaban J connectivity index is 1.73. The van der Waals surface area contributed by atoms with Gasteiger partial charge >= 0.3 is 12.4 Å². The molecule has 36 heavy (non-hydrogen) atoms. The predicted molar refractivity (Wildman–Crippen MR) is 124 cm³/mol. The Morgan fingerprint density at radius 2 is 1.81 bits per heavy atom. The second-order valence-corrected chi connectivity index (χ2v) is 8.83. The monoisotopic (exact) mass is 525 g/mol. The fourth-order valence-corrected chi connectivity index (χ4v) is 4.29. The van der Waals surface area contributed by atoms with Gasteiger partial charge in [-0.1, -0.05) is 29.8 Å². The zero-order chi connectivity index (χ0) is 26.3. The summed E-state index contributed by atoms with van der Waals surface area (Å²) in [5.74, 6) is -1.00. The number of hydrogen-bond donors (Lipinski definition) is 1. The van der Waals surface area contributed by atoms with Gasteiger partial charge in [-0.2, -0.15) is 0 Å². The van der Waals surface area contributed by atoms with E-state index in [0.29, 0.717) is 5.02 Å². The molecular formula is C23H23ClF3N5O4. The molecular weight excluding hydrogens is 503 g/mol. The fourth-order valence-electron chi connectivity index (χ4n) is 4.17. The van der Waals surface area contributed by atoms with E-state index in [1.165, 1.54) is 24.1 Å². The summed E-state index contributed by atoms with van der Waals surface area (Å²) in [4.78, 5) is 34.9. The van der Waals surface area contributed by atoms with Gasteiger partial charge in [0.25, 0.3) is 11.9 Å². The summed E-state index contributed by atoms with van der Waals surface area (Å²) < 4.78 is 47.9. The van der Waals surface area contributed by atoms with Crippen molar-refractivity contribution in [1.82, 2.24) is 14.7 Å². The molecule has 2 aromatic carbocycles. The number of likely N-dealkylation sites (N-methyl/N-ethyl adjacent to an activating group) is 1. The lowest BCUT2D eigenvalue weighted by Gasteiger charge is -2.46. The van der Waals surface area contributed by atoms with Crippen LogP contribution in [-0.2, 0) is 11.3 Å². The lowest BCUT2D eigenvalue weighted by Crippen LogP contribution is -2.70. The Morgan fingerprint density at radius 1 is 1.14 bits per heavy atom. The summed E-state index contributed by atoms with van der Waals surface area (Å²) in [6.45, 7) is 1.83. The molecule has 3 amide bonds. The second kappa shape index (κ2) is 9.51. The Labute approximate surface area is 209 Å². The zero-order valence-electron chi connectivity index (χ0n) is 19.3. The van der Waals surface area contributed by atoms with E-state index in [4.69, 9.17) is 22.1 Å². The smallest absolute Gasteiger partial charge is 0.426 e. The van der Waals surface area contributed by atoms with E-state index in [2.05, 4.69) is 9.73 Å². The summed E-state index contributed by atoms with van der Waals surface area (Å²) in [6.07, 6.45) is -4.88. The minimum atomic E-state index is -4.88. The molecule has 0 saturated carbocycles. The molecule has 2 aromatic rings. The van der Waals surface area contributed by atoms with E-state index in [1.807, 2.05) is 0 Å². The quantitative estimate of drug-likeness (QED) is 0.620. The van der Waals surface area contributed by atoms with E-state index >= 15 is 0 Å². The molecule has 13 heteroatoms. The van der Waals surface area contributed by atoms with E-state index < -0.39 is 35.8 Å². The van der Waals surface area contributed by atoms with Crippen molar-refractivity contribution in [2.45, 2.75) is 31.5 Å². The van der Waals surface area contributed by atoms with Gasteiger partial charge in [-0.3, -0.25) is 9.69 Å². The first kappa shape index (κ1) is 25.6. The number of halogens is 4. The Kier molecular flexibility index (Phi) is 6.76. The molecule has 0 radical (unpaired) electrons. The molecule has 192 valence electrons. The third-order valence-corrected chi connectivity index (χ3v) is 6.21. The molecule has 4 rings (SSSR count). The molecule has 2 unspecified atom stereocenters. The van der Waals surface area contributed by atoms with Crippen LogP contribution in [0.1, 0.15) is 12.5 Å². The Bertz CT molecular complexity index is 1190. The molecule has 0 aromatic heterocycles. The third-order valence-electron chi connectivity index (χ3n) is 5.96. The van der Waals surface area contributed by atoms with Crippen LogP contribution in [0.5, 0.6) is 11.5 Å². The third kappa shape index (κ3) is 4.91. The molecule has 2 atom stereocenters. The highest BCUT2D eigenvalue weighted by atomic mass is 35.5. The molecule has 1 fully saturated rings. The highest BCUT2D eigenvalue weighted by Crippen LogP contribution is 2.38. The van der Waals surface area contributed by atoms with Gasteiger partial charge in [-0.25, -0.2) is 9.79 Å². The number of fused-ring (bicyclic) bond motifs is 1. The first-order valence-corrected chi connectivity index (χ1v) is 11.2. The van der Waals surface area contributed by atoms with Gasteiger partial charge in [0.15, 0.2) is 11.7 Å².